The van der Waals surface area contributed by atoms with Crippen molar-refractivity contribution in [2.75, 3.05) is 12.4 Å². The number of fused-ring (bicyclic) bond motifs is 2. The summed E-state index contributed by atoms with van der Waals surface area (Å²) in [5.74, 6) is 1.61. The van der Waals surface area contributed by atoms with Crippen molar-refractivity contribution in [3.05, 3.63) is 78.5 Å². The maximum Gasteiger partial charge on any atom is 0.489 e. The van der Waals surface area contributed by atoms with Crippen LogP contribution in [0, 0.1) is 0 Å². The van der Waals surface area contributed by atoms with Crippen LogP contribution in [0.3, 0.4) is 0 Å². The fraction of sp³-hybridized carbons (Fsp3) is 0.0870. The molecule has 0 amide bonds. The van der Waals surface area contributed by atoms with Crippen molar-refractivity contribution in [1.29, 1.82) is 0 Å². The number of rotatable bonds is 6. The third-order valence-electron chi connectivity index (χ3n) is 5.32. The molecule has 2 heterocycles. The number of aromatic nitrogens is 4. The lowest BCUT2D eigenvalue weighted by atomic mass is 9.78. The van der Waals surface area contributed by atoms with E-state index in [4.69, 9.17) is 14.7 Å². The number of para-hydroxylation sites is 1. The first-order valence-electron chi connectivity index (χ1n) is 10.1. The molecule has 0 aliphatic carbocycles. The third kappa shape index (κ3) is 3.53. The van der Waals surface area contributed by atoms with Crippen LogP contribution >= 0.6 is 0 Å². The molecular formula is C23H20BN5O3. The van der Waals surface area contributed by atoms with Crippen molar-refractivity contribution >= 4 is 40.2 Å². The van der Waals surface area contributed by atoms with Crippen LogP contribution in [-0.2, 0) is 6.54 Å². The second-order valence-electron chi connectivity index (χ2n) is 7.28. The molecule has 2 aromatic heterocycles. The van der Waals surface area contributed by atoms with Crippen LogP contribution in [0.2, 0.25) is 0 Å². The average Bonchev–Trinajstić information content (AvgIpc) is 3.26. The summed E-state index contributed by atoms with van der Waals surface area (Å²) in [6.45, 7) is 0.588. The highest BCUT2D eigenvalue weighted by atomic mass is 16.5. The minimum absolute atomic E-state index is 0.345. The lowest BCUT2D eigenvalue weighted by Gasteiger charge is -2.13. The molecule has 0 aliphatic rings. The molecule has 0 unspecified atom stereocenters. The van der Waals surface area contributed by atoms with Gasteiger partial charge in [-0.25, -0.2) is 4.98 Å². The molecule has 0 saturated carbocycles. The van der Waals surface area contributed by atoms with Gasteiger partial charge in [0.05, 0.1) is 18.8 Å². The van der Waals surface area contributed by atoms with Crippen LogP contribution in [-0.4, -0.2) is 44.0 Å². The van der Waals surface area contributed by atoms with Gasteiger partial charge in [-0.1, -0.05) is 48.5 Å². The zero-order valence-electron chi connectivity index (χ0n) is 17.3. The molecule has 3 N–H and O–H groups in total. The first-order chi connectivity index (χ1) is 15.7. The number of nitrogens with zero attached hydrogens (tertiary/aromatic N) is 4. The summed E-state index contributed by atoms with van der Waals surface area (Å²) in [6, 6.07) is 21.0. The topological polar surface area (TPSA) is 105 Å². The normalized spacial score (nSPS) is 11.1. The number of ether oxygens (including phenoxy) is 1. The van der Waals surface area contributed by atoms with Gasteiger partial charge < -0.3 is 20.1 Å². The van der Waals surface area contributed by atoms with Crippen LogP contribution < -0.4 is 15.5 Å². The van der Waals surface area contributed by atoms with E-state index in [0.29, 0.717) is 45.9 Å². The molecular weight excluding hydrogens is 405 g/mol. The van der Waals surface area contributed by atoms with Crippen LogP contribution in [0.1, 0.15) is 5.56 Å². The highest BCUT2D eigenvalue weighted by Gasteiger charge is 2.19. The molecule has 0 radical (unpaired) electrons. The van der Waals surface area contributed by atoms with Crippen LogP contribution in [0.4, 0.5) is 5.82 Å². The predicted molar refractivity (Wildman–Crippen MR) is 124 cm³/mol. The SMILES string of the molecule is COc1cccc2c(NCc3ccccc3)nc(-n3ncc4c(B(O)O)cccc43)nc12. The maximum atomic E-state index is 9.69. The van der Waals surface area contributed by atoms with Crippen molar-refractivity contribution in [2.24, 2.45) is 0 Å². The van der Waals surface area contributed by atoms with E-state index >= 15 is 0 Å². The highest BCUT2D eigenvalue weighted by molar-refractivity contribution is 6.61. The van der Waals surface area contributed by atoms with Crippen molar-refractivity contribution in [3.63, 3.8) is 0 Å². The molecule has 0 saturated heterocycles. The summed E-state index contributed by atoms with van der Waals surface area (Å²) >= 11 is 0. The number of methoxy groups -OCH3 is 1. The molecule has 32 heavy (non-hydrogen) atoms. The molecule has 9 heteroatoms. The van der Waals surface area contributed by atoms with Gasteiger partial charge in [-0.2, -0.15) is 14.8 Å². The largest absolute Gasteiger partial charge is 0.494 e. The van der Waals surface area contributed by atoms with E-state index < -0.39 is 7.12 Å². The Bertz CT molecular complexity index is 1410. The van der Waals surface area contributed by atoms with E-state index in [1.165, 1.54) is 0 Å². The molecule has 0 spiro atoms. The monoisotopic (exact) mass is 425 g/mol. The minimum atomic E-state index is -1.60. The Balaban J connectivity index is 1.67. The molecule has 5 aromatic rings. The molecule has 0 atom stereocenters. The van der Waals surface area contributed by atoms with Crippen LogP contribution in [0.25, 0.3) is 27.8 Å². The van der Waals surface area contributed by atoms with Gasteiger partial charge in [0.15, 0.2) is 0 Å². The number of benzene rings is 3. The highest BCUT2D eigenvalue weighted by Crippen LogP contribution is 2.30. The van der Waals surface area contributed by atoms with E-state index in [0.717, 1.165) is 10.9 Å². The molecule has 158 valence electrons. The van der Waals surface area contributed by atoms with Gasteiger partial charge >= 0.3 is 7.12 Å². The van der Waals surface area contributed by atoms with E-state index in [-0.39, 0.29) is 0 Å². The lowest BCUT2D eigenvalue weighted by molar-refractivity contribution is 0.419. The summed E-state index contributed by atoms with van der Waals surface area (Å²) < 4.78 is 7.13. The standard InChI is InChI=1S/C23H20BN5O3/c1-32-20-12-5-9-16-21(20)27-23(28-22(16)25-13-15-7-3-2-4-8-15)29-19-11-6-10-18(24(30)31)17(19)14-26-29/h2-12,14,30-31H,13H2,1H3,(H,25,27,28). The van der Waals surface area contributed by atoms with Crippen molar-refractivity contribution in [1.82, 2.24) is 19.7 Å². The van der Waals surface area contributed by atoms with Gasteiger partial charge in [-0.05, 0) is 29.2 Å². The summed E-state index contributed by atoms with van der Waals surface area (Å²) in [4.78, 5) is 9.48. The third-order valence-corrected chi connectivity index (χ3v) is 5.32. The van der Waals surface area contributed by atoms with Crippen molar-refractivity contribution in [2.45, 2.75) is 6.54 Å². The Labute approximate surface area is 184 Å². The zero-order valence-corrected chi connectivity index (χ0v) is 17.3. The summed E-state index contributed by atoms with van der Waals surface area (Å²) in [6.07, 6.45) is 1.58. The van der Waals surface area contributed by atoms with Gasteiger partial charge in [0.25, 0.3) is 5.95 Å². The second kappa shape index (κ2) is 8.29. The van der Waals surface area contributed by atoms with Gasteiger partial charge in [-0.15, -0.1) is 0 Å². The van der Waals surface area contributed by atoms with Gasteiger partial charge in [0.2, 0.25) is 0 Å². The number of nitrogens with one attached hydrogen (secondary N) is 1. The Morgan fingerprint density at radius 2 is 1.75 bits per heavy atom. The summed E-state index contributed by atoms with van der Waals surface area (Å²) in [5, 5.41) is 28.7. The molecule has 0 fully saturated rings. The molecule has 0 aliphatic heterocycles. The lowest BCUT2D eigenvalue weighted by Crippen LogP contribution is -2.30. The van der Waals surface area contributed by atoms with Gasteiger partial charge in [-0.3, -0.25) is 0 Å². The Hall–Kier alpha value is -3.95. The van der Waals surface area contributed by atoms with Crippen LogP contribution in [0.5, 0.6) is 5.75 Å². The number of hydrogen-bond donors (Lipinski definition) is 3. The van der Waals surface area contributed by atoms with Gasteiger partial charge in [0, 0.05) is 17.3 Å². The first kappa shape index (κ1) is 20.0. The molecule has 0 bridgehead atoms. The Morgan fingerprint density at radius 1 is 0.938 bits per heavy atom. The maximum absolute atomic E-state index is 9.69. The number of anilines is 1. The van der Waals surface area contributed by atoms with Gasteiger partial charge in [0.1, 0.15) is 17.1 Å². The second-order valence-corrected chi connectivity index (χ2v) is 7.28. The smallest absolute Gasteiger partial charge is 0.489 e. The first-order valence-corrected chi connectivity index (χ1v) is 10.1. The van der Waals surface area contributed by atoms with E-state index in [9.17, 15) is 10.0 Å². The minimum Gasteiger partial charge on any atom is -0.494 e. The predicted octanol–water partition coefficient (Wildman–Crippen LogP) is 2.27. The van der Waals surface area contributed by atoms with Crippen LogP contribution in [0.15, 0.2) is 72.9 Å². The Morgan fingerprint density at radius 3 is 2.53 bits per heavy atom. The quantitative estimate of drug-likeness (QED) is 0.359. The Kier molecular flexibility index (Phi) is 5.18. The summed E-state index contributed by atoms with van der Waals surface area (Å²) in [7, 11) is 0.00308. The zero-order chi connectivity index (χ0) is 22.1. The van der Waals surface area contributed by atoms with Crippen molar-refractivity contribution < 1.29 is 14.8 Å². The number of hydrogen-bond acceptors (Lipinski definition) is 7. The van der Waals surface area contributed by atoms with E-state index in [1.807, 2.05) is 54.6 Å². The molecule has 3 aromatic carbocycles. The average molecular weight is 425 g/mol. The van der Waals surface area contributed by atoms with E-state index in [1.54, 1.807) is 30.1 Å². The fourth-order valence-electron chi connectivity index (χ4n) is 3.75. The summed E-state index contributed by atoms with van der Waals surface area (Å²) in [5.41, 5.74) is 2.81. The van der Waals surface area contributed by atoms with E-state index in [2.05, 4.69) is 10.4 Å². The fourth-order valence-corrected chi connectivity index (χ4v) is 3.75. The molecule has 5 rings (SSSR count). The molecule has 8 nitrogen and oxygen atoms in total. The van der Waals surface area contributed by atoms with Crippen molar-refractivity contribution in [3.8, 4) is 11.7 Å².